The summed E-state index contributed by atoms with van der Waals surface area (Å²) in [6.45, 7) is 2.08. The Morgan fingerprint density at radius 2 is 1.25 bits per heavy atom. The molecule has 0 spiro atoms. The fourth-order valence-electron chi connectivity index (χ4n) is 1.81. The first-order valence-electron chi connectivity index (χ1n) is 7.43. The third kappa shape index (κ3) is 6.10. The molecule has 4 heteroatoms. The molecule has 2 aromatic carbocycles. The SMILES string of the molecule is CCCC#Cc1ccc(C#Cc2ccc(OC(F)(F)F)cc2)cc1. The summed E-state index contributed by atoms with van der Waals surface area (Å²) in [7, 11) is 0. The molecule has 0 radical (unpaired) electrons. The lowest BCUT2D eigenvalue weighted by atomic mass is 10.1. The fourth-order valence-corrected chi connectivity index (χ4v) is 1.81. The van der Waals surface area contributed by atoms with Crippen LogP contribution in [0.5, 0.6) is 5.75 Å². The van der Waals surface area contributed by atoms with Gasteiger partial charge in [0, 0.05) is 23.1 Å². The molecule has 0 unspecified atom stereocenters. The highest BCUT2D eigenvalue weighted by molar-refractivity contribution is 5.46. The molecule has 0 fully saturated rings. The molecule has 122 valence electrons. The lowest BCUT2D eigenvalue weighted by Crippen LogP contribution is -2.16. The van der Waals surface area contributed by atoms with Crippen molar-refractivity contribution in [2.45, 2.75) is 26.1 Å². The lowest BCUT2D eigenvalue weighted by Gasteiger charge is -2.07. The van der Waals surface area contributed by atoms with Crippen LogP contribution in [0.4, 0.5) is 13.2 Å². The van der Waals surface area contributed by atoms with Crippen LogP contribution in [-0.2, 0) is 0 Å². The number of ether oxygens (including phenoxy) is 1. The first kappa shape index (κ1) is 17.5. The second-order valence-electron chi connectivity index (χ2n) is 4.95. The van der Waals surface area contributed by atoms with Crippen molar-refractivity contribution in [2.24, 2.45) is 0 Å². The zero-order valence-corrected chi connectivity index (χ0v) is 13.1. The highest BCUT2D eigenvalue weighted by atomic mass is 19.4. The first-order chi connectivity index (χ1) is 11.5. The molecule has 0 aliphatic rings. The van der Waals surface area contributed by atoms with Crippen molar-refractivity contribution in [2.75, 3.05) is 0 Å². The molecule has 0 saturated carbocycles. The van der Waals surface area contributed by atoms with Crippen LogP contribution in [0, 0.1) is 23.7 Å². The standard InChI is InChI=1S/C20H15F3O/c1-2-3-4-5-16-6-8-17(9-7-16)10-11-18-12-14-19(15-13-18)24-20(21,22)23/h6-9,12-15H,2-3H2,1H3. The fraction of sp³-hybridized carbons (Fsp3) is 0.200. The molecular formula is C20H15F3O. The number of benzene rings is 2. The average molecular weight is 328 g/mol. The maximum Gasteiger partial charge on any atom is 0.573 e. The molecule has 24 heavy (non-hydrogen) atoms. The van der Waals surface area contributed by atoms with Crippen LogP contribution >= 0.6 is 0 Å². The molecule has 0 N–H and O–H groups in total. The predicted molar refractivity (Wildman–Crippen MR) is 87.3 cm³/mol. The number of hydrogen-bond donors (Lipinski definition) is 0. The minimum absolute atomic E-state index is 0.261. The second-order valence-corrected chi connectivity index (χ2v) is 4.95. The van der Waals surface area contributed by atoms with Gasteiger partial charge in [-0.15, -0.1) is 13.2 Å². The molecule has 0 saturated heterocycles. The van der Waals surface area contributed by atoms with E-state index in [4.69, 9.17) is 0 Å². The zero-order valence-electron chi connectivity index (χ0n) is 13.1. The Morgan fingerprint density at radius 3 is 1.71 bits per heavy atom. The summed E-state index contributed by atoms with van der Waals surface area (Å²) in [5, 5.41) is 0. The Balaban J connectivity index is 2.03. The second kappa shape index (κ2) is 8.13. The van der Waals surface area contributed by atoms with E-state index >= 15 is 0 Å². The van der Waals surface area contributed by atoms with E-state index in [2.05, 4.69) is 35.3 Å². The third-order valence-electron chi connectivity index (χ3n) is 2.93. The van der Waals surface area contributed by atoms with E-state index in [-0.39, 0.29) is 5.75 Å². The highest BCUT2D eigenvalue weighted by Gasteiger charge is 2.30. The van der Waals surface area contributed by atoms with Gasteiger partial charge in [0.2, 0.25) is 0 Å². The van der Waals surface area contributed by atoms with E-state index in [1.165, 1.54) is 24.3 Å². The van der Waals surface area contributed by atoms with Gasteiger partial charge in [0.15, 0.2) is 0 Å². The van der Waals surface area contributed by atoms with Gasteiger partial charge in [0.25, 0.3) is 0 Å². The molecule has 0 aromatic heterocycles. The van der Waals surface area contributed by atoms with E-state index in [1.807, 2.05) is 24.3 Å². The molecule has 0 heterocycles. The van der Waals surface area contributed by atoms with E-state index in [1.54, 1.807) is 0 Å². The molecule has 0 bridgehead atoms. The van der Waals surface area contributed by atoms with Crippen LogP contribution in [0.3, 0.4) is 0 Å². The van der Waals surface area contributed by atoms with E-state index < -0.39 is 6.36 Å². The molecular weight excluding hydrogens is 313 g/mol. The van der Waals surface area contributed by atoms with Crippen LogP contribution in [0.15, 0.2) is 48.5 Å². The summed E-state index contributed by atoms with van der Waals surface area (Å²) in [6.07, 6.45) is -2.78. The number of halogens is 3. The van der Waals surface area contributed by atoms with Gasteiger partial charge in [0.05, 0.1) is 0 Å². The van der Waals surface area contributed by atoms with Crippen molar-refractivity contribution >= 4 is 0 Å². The van der Waals surface area contributed by atoms with Crippen LogP contribution in [-0.4, -0.2) is 6.36 Å². The smallest absolute Gasteiger partial charge is 0.406 e. The van der Waals surface area contributed by atoms with Gasteiger partial charge in [-0.05, 0) is 55.0 Å². The third-order valence-corrected chi connectivity index (χ3v) is 2.93. The van der Waals surface area contributed by atoms with Gasteiger partial charge in [-0.3, -0.25) is 0 Å². The predicted octanol–water partition coefficient (Wildman–Crippen LogP) is 5.14. The number of unbranched alkanes of at least 4 members (excludes halogenated alkanes) is 1. The van der Waals surface area contributed by atoms with Crippen molar-refractivity contribution in [3.8, 4) is 29.4 Å². The highest BCUT2D eigenvalue weighted by Crippen LogP contribution is 2.22. The van der Waals surface area contributed by atoms with Gasteiger partial charge >= 0.3 is 6.36 Å². The van der Waals surface area contributed by atoms with Crippen molar-refractivity contribution in [1.29, 1.82) is 0 Å². The summed E-state index contributed by atoms with van der Waals surface area (Å²) >= 11 is 0. The summed E-state index contributed by atoms with van der Waals surface area (Å²) in [6, 6.07) is 13.0. The maximum absolute atomic E-state index is 12.1. The number of alkyl halides is 3. The summed E-state index contributed by atoms with van der Waals surface area (Å²) in [5.41, 5.74) is 2.35. The quantitative estimate of drug-likeness (QED) is 0.694. The number of hydrogen-bond acceptors (Lipinski definition) is 1. The lowest BCUT2D eigenvalue weighted by molar-refractivity contribution is -0.274. The summed E-state index contributed by atoms with van der Waals surface area (Å²) < 4.78 is 40.1. The minimum atomic E-state index is -4.69. The Morgan fingerprint density at radius 1 is 0.792 bits per heavy atom. The van der Waals surface area contributed by atoms with Crippen molar-refractivity contribution in [3.63, 3.8) is 0 Å². The topological polar surface area (TPSA) is 9.23 Å². The van der Waals surface area contributed by atoms with Crippen LogP contribution in [0.1, 0.15) is 36.5 Å². The van der Waals surface area contributed by atoms with E-state index in [0.29, 0.717) is 5.56 Å². The molecule has 1 nitrogen and oxygen atoms in total. The summed E-state index contributed by atoms with van der Waals surface area (Å²) in [4.78, 5) is 0. The van der Waals surface area contributed by atoms with E-state index in [0.717, 1.165) is 24.0 Å². The monoisotopic (exact) mass is 328 g/mol. The maximum atomic E-state index is 12.1. The largest absolute Gasteiger partial charge is 0.573 e. The Kier molecular flexibility index (Phi) is 5.93. The van der Waals surface area contributed by atoms with Gasteiger partial charge in [-0.1, -0.05) is 30.6 Å². The van der Waals surface area contributed by atoms with Gasteiger partial charge in [0.1, 0.15) is 5.75 Å². The van der Waals surface area contributed by atoms with Gasteiger partial charge < -0.3 is 4.74 Å². The molecule has 2 rings (SSSR count). The van der Waals surface area contributed by atoms with Crippen molar-refractivity contribution < 1.29 is 17.9 Å². The van der Waals surface area contributed by atoms with Crippen LogP contribution in [0.2, 0.25) is 0 Å². The van der Waals surface area contributed by atoms with Gasteiger partial charge in [-0.25, -0.2) is 0 Å². The Hall–Kier alpha value is -2.85. The molecule has 0 amide bonds. The normalized spacial score (nSPS) is 10.2. The molecule has 2 aromatic rings. The zero-order chi connectivity index (χ0) is 17.4. The van der Waals surface area contributed by atoms with E-state index in [9.17, 15) is 13.2 Å². The first-order valence-corrected chi connectivity index (χ1v) is 7.43. The Labute approximate surface area is 139 Å². The average Bonchev–Trinajstić information content (AvgIpc) is 2.54. The molecule has 0 aliphatic carbocycles. The molecule has 0 atom stereocenters. The summed E-state index contributed by atoms with van der Waals surface area (Å²) in [5.74, 6) is 11.7. The van der Waals surface area contributed by atoms with Crippen LogP contribution < -0.4 is 4.74 Å². The number of rotatable bonds is 2. The Bertz CT molecular complexity index is 780. The molecule has 0 aliphatic heterocycles. The van der Waals surface area contributed by atoms with Crippen molar-refractivity contribution in [1.82, 2.24) is 0 Å². The van der Waals surface area contributed by atoms with Gasteiger partial charge in [-0.2, -0.15) is 0 Å². The van der Waals surface area contributed by atoms with Crippen LogP contribution in [0.25, 0.3) is 0 Å². The minimum Gasteiger partial charge on any atom is -0.406 e. The van der Waals surface area contributed by atoms with Crippen molar-refractivity contribution in [3.05, 3.63) is 65.2 Å².